The first-order valence-corrected chi connectivity index (χ1v) is 11.1. The molecule has 1 heterocycles. The van der Waals surface area contributed by atoms with Gasteiger partial charge in [-0.15, -0.1) is 0 Å². The number of phenols is 4. The molecule has 0 aliphatic carbocycles. The van der Waals surface area contributed by atoms with Gasteiger partial charge in [0.1, 0.15) is 28.7 Å². The van der Waals surface area contributed by atoms with E-state index in [1.54, 1.807) is 12.1 Å². The van der Waals surface area contributed by atoms with Crippen LogP contribution in [0.3, 0.4) is 0 Å². The van der Waals surface area contributed by atoms with Gasteiger partial charge in [-0.05, 0) is 47.5 Å². The summed E-state index contributed by atoms with van der Waals surface area (Å²) in [5.41, 5.74) is 2.87. The molecule has 0 amide bonds. The maximum atomic E-state index is 11.3. The summed E-state index contributed by atoms with van der Waals surface area (Å²) in [7, 11) is 0. The molecule has 0 unspecified atom stereocenters. The highest BCUT2D eigenvalue weighted by Crippen LogP contribution is 2.38. The number of fused-ring (bicyclic) bond motifs is 1. The molecule has 4 N–H and O–H groups in total. The molecule has 182 valence electrons. The summed E-state index contributed by atoms with van der Waals surface area (Å²) in [6.45, 7) is 0. The molecule has 0 aliphatic heterocycles. The molecule has 0 bridgehead atoms. The number of nitro groups is 1. The number of benzene rings is 4. The van der Waals surface area contributed by atoms with Crippen molar-refractivity contribution in [1.82, 2.24) is 9.97 Å². The second-order valence-corrected chi connectivity index (χ2v) is 8.21. The van der Waals surface area contributed by atoms with Crippen LogP contribution in [-0.4, -0.2) is 35.3 Å². The molecule has 0 saturated carbocycles. The molecule has 0 saturated heterocycles. The van der Waals surface area contributed by atoms with E-state index in [9.17, 15) is 30.5 Å². The van der Waals surface area contributed by atoms with Crippen LogP contribution in [0.1, 0.15) is 16.8 Å². The number of rotatable bonds is 5. The van der Waals surface area contributed by atoms with Crippen LogP contribution < -0.4 is 0 Å². The van der Waals surface area contributed by atoms with Crippen molar-refractivity contribution < 1.29 is 25.3 Å². The fourth-order valence-electron chi connectivity index (χ4n) is 4.01. The molecule has 0 atom stereocenters. The van der Waals surface area contributed by atoms with E-state index in [0.29, 0.717) is 22.2 Å². The van der Waals surface area contributed by atoms with E-state index in [2.05, 4.69) is 9.97 Å². The molecule has 0 spiro atoms. The Morgan fingerprint density at radius 3 is 2.14 bits per heavy atom. The normalized spacial score (nSPS) is 11.5. The topological polar surface area (TPSA) is 150 Å². The lowest BCUT2D eigenvalue weighted by atomic mass is 9.94. The lowest BCUT2D eigenvalue weighted by Gasteiger charge is -2.14. The Kier molecular flexibility index (Phi) is 5.86. The molecule has 9 nitrogen and oxygen atoms in total. The summed E-state index contributed by atoms with van der Waals surface area (Å²) in [5.74, 6) is -0.657. The molecule has 1 aromatic heterocycles. The number of hydrogen-bond donors (Lipinski definition) is 4. The molecule has 37 heavy (non-hydrogen) atoms. The number of aromatic hydroxyl groups is 4. The molecule has 5 rings (SSSR count). The van der Waals surface area contributed by atoms with Crippen LogP contribution in [0.5, 0.6) is 23.0 Å². The minimum absolute atomic E-state index is 0.110. The van der Waals surface area contributed by atoms with Gasteiger partial charge in [0.25, 0.3) is 5.69 Å². The van der Waals surface area contributed by atoms with Gasteiger partial charge in [0.05, 0.1) is 21.7 Å². The fourth-order valence-corrected chi connectivity index (χ4v) is 4.01. The van der Waals surface area contributed by atoms with Crippen LogP contribution >= 0.6 is 0 Å². The zero-order chi connectivity index (χ0) is 26.1. The van der Waals surface area contributed by atoms with E-state index < -0.39 is 4.92 Å². The van der Waals surface area contributed by atoms with E-state index in [0.717, 1.165) is 0 Å². The Hall–Kier alpha value is -5.44. The Labute approximate surface area is 210 Å². The van der Waals surface area contributed by atoms with E-state index >= 15 is 0 Å². The summed E-state index contributed by atoms with van der Waals surface area (Å²) in [5, 5.41) is 52.2. The third-order valence-electron chi connectivity index (χ3n) is 5.76. The highest BCUT2D eigenvalue weighted by atomic mass is 16.6. The van der Waals surface area contributed by atoms with Crippen molar-refractivity contribution in [3.8, 4) is 34.3 Å². The number of nitro benzene ring substituents is 1. The molecule has 0 aliphatic rings. The SMILES string of the molecule is O=[N+]([O-])c1ccc2nc(-c3ccc(O)cc3O)c(/C=C(/c3ccccc3)c3ccc(O)cc3O)nc2c1. The molecule has 0 radical (unpaired) electrons. The van der Waals surface area contributed by atoms with Crippen LogP contribution in [0, 0.1) is 10.1 Å². The second-order valence-electron chi connectivity index (χ2n) is 8.21. The minimum atomic E-state index is -0.528. The number of phenolic OH excluding ortho intramolecular Hbond substituents is 4. The van der Waals surface area contributed by atoms with Crippen molar-refractivity contribution in [2.45, 2.75) is 0 Å². The number of nitrogens with zero attached hydrogens (tertiary/aromatic N) is 3. The third kappa shape index (κ3) is 4.61. The Bertz CT molecular complexity index is 1700. The molecule has 4 aromatic carbocycles. The van der Waals surface area contributed by atoms with Crippen molar-refractivity contribution in [2.24, 2.45) is 0 Å². The molecule has 5 aromatic rings. The summed E-state index contributed by atoms with van der Waals surface area (Å²) >= 11 is 0. The predicted octanol–water partition coefficient (Wildman–Crippen LogP) is 5.62. The quantitative estimate of drug-likeness (QED) is 0.182. The smallest absolute Gasteiger partial charge is 0.271 e. The summed E-state index contributed by atoms with van der Waals surface area (Å²) in [6.07, 6.45) is 1.65. The molecule has 9 heteroatoms. The van der Waals surface area contributed by atoms with Crippen molar-refractivity contribution in [1.29, 1.82) is 0 Å². The van der Waals surface area contributed by atoms with Crippen LogP contribution in [0.2, 0.25) is 0 Å². The van der Waals surface area contributed by atoms with Gasteiger partial charge < -0.3 is 20.4 Å². The first kappa shape index (κ1) is 23.3. The average molecular weight is 493 g/mol. The molecule has 0 fully saturated rings. The van der Waals surface area contributed by atoms with Crippen LogP contribution in [0.25, 0.3) is 33.9 Å². The van der Waals surface area contributed by atoms with Gasteiger partial charge in [-0.3, -0.25) is 10.1 Å². The zero-order valence-electron chi connectivity index (χ0n) is 19.1. The van der Waals surface area contributed by atoms with E-state index in [4.69, 9.17) is 0 Å². The lowest BCUT2D eigenvalue weighted by molar-refractivity contribution is -0.384. The average Bonchev–Trinajstić information content (AvgIpc) is 2.87. The van der Waals surface area contributed by atoms with E-state index in [1.807, 2.05) is 30.3 Å². The van der Waals surface area contributed by atoms with Crippen molar-refractivity contribution >= 4 is 28.4 Å². The van der Waals surface area contributed by atoms with Crippen molar-refractivity contribution in [3.05, 3.63) is 112 Å². The monoisotopic (exact) mass is 493 g/mol. The van der Waals surface area contributed by atoms with Gasteiger partial charge >= 0.3 is 0 Å². The summed E-state index contributed by atoms with van der Waals surface area (Å²) < 4.78 is 0. The lowest BCUT2D eigenvalue weighted by Crippen LogP contribution is -1.98. The van der Waals surface area contributed by atoms with Crippen molar-refractivity contribution in [2.75, 3.05) is 0 Å². The Morgan fingerprint density at radius 2 is 1.46 bits per heavy atom. The largest absolute Gasteiger partial charge is 0.508 e. The van der Waals surface area contributed by atoms with Gasteiger partial charge in [0, 0.05) is 35.4 Å². The predicted molar refractivity (Wildman–Crippen MR) is 138 cm³/mol. The number of hydrogen-bond acceptors (Lipinski definition) is 8. The maximum Gasteiger partial charge on any atom is 0.271 e. The Morgan fingerprint density at radius 1 is 0.757 bits per heavy atom. The highest BCUT2D eigenvalue weighted by Gasteiger charge is 2.18. The van der Waals surface area contributed by atoms with Gasteiger partial charge in [-0.25, -0.2) is 9.97 Å². The maximum absolute atomic E-state index is 11.3. The molecular weight excluding hydrogens is 474 g/mol. The zero-order valence-corrected chi connectivity index (χ0v) is 19.1. The first-order chi connectivity index (χ1) is 17.8. The van der Waals surface area contributed by atoms with Gasteiger partial charge in [-0.1, -0.05) is 30.3 Å². The van der Waals surface area contributed by atoms with Crippen LogP contribution in [0.15, 0.2) is 84.9 Å². The summed E-state index contributed by atoms with van der Waals surface area (Å²) in [6, 6.07) is 21.5. The van der Waals surface area contributed by atoms with Gasteiger partial charge in [0.15, 0.2) is 0 Å². The molecular formula is C28H19N3O6. The van der Waals surface area contributed by atoms with Gasteiger partial charge in [0.2, 0.25) is 0 Å². The highest BCUT2D eigenvalue weighted by molar-refractivity contribution is 5.96. The number of non-ortho nitro benzene ring substituents is 1. The Balaban J connectivity index is 1.84. The standard InChI is InChI=1S/C28H19N3O6/c32-18-7-9-20(26(34)13-18)22(16-4-2-1-3-5-16)15-25-28(21-10-8-19(33)14-27(21)35)30-23-11-6-17(31(36)37)12-24(23)29-25/h1-15,32-35H/b22-15-. The van der Waals surface area contributed by atoms with Gasteiger partial charge in [-0.2, -0.15) is 0 Å². The first-order valence-electron chi connectivity index (χ1n) is 11.1. The van der Waals surface area contributed by atoms with E-state index in [1.165, 1.54) is 48.5 Å². The second kappa shape index (κ2) is 9.31. The van der Waals surface area contributed by atoms with Crippen LogP contribution in [0.4, 0.5) is 5.69 Å². The van der Waals surface area contributed by atoms with Crippen molar-refractivity contribution in [3.63, 3.8) is 0 Å². The third-order valence-corrected chi connectivity index (χ3v) is 5.76. The fraction of sp³-hybridized carbons (Fsp3) is 0. The van der Waals surface area contributed by atoms with E-state index in [-0.39, 0.29) is 51.2 Å². The summed E-state index contributed by atoms with van der Waals surface area (Å²) in [4.78, 5) is 20.1. The van der Waals surface area contributed by atoms with Crippen LogP contribution in [-0.2, 0) is 0 Å². The minimum Gasteiger partial charge on any atom is -0.508 e. The number of aromatic nitrogens is 2.